The molecule has 0 radical (unpaired) electrons. The van der Waals surface area contributed by atoms with E-state index in [4.69, 9.17) is 11.6 Å². The molecule has 0 N–H and O–H groups in total. The summed E-state index contributed by atoms with van der Waals surface area (Å²) in [6.45, 7) is 2.65. The van der Waals surface area contributed by atoms with Gasteiger partial charge in [0, 0.05) is 55.3 Å². The summed E-state index contributed by atoms with van der Waals surface area (Å²) >= 11 is 5.92. The predicted molar refractivity (Wildman–Crippen MR) is 102 cm³/mol. The number of hydrogen-bond donors (Lipinski definition) is 0. The number of rotatable bonds is 4. The average molecular weight is 396 g/mol. The molecule has 1 aliphatic rings. The normalized spacial score (nSPS) is 15.2. The predicted octanol–water partition coefficient (Wildman–Crippen LogP) is 2.98. The summed E-state index contributed by atoms with van der Waals surface area (Å²) in [5.41, 5.74) is 1.34. The van der Waals surface area contributed by atoms with Crippen LogP contribution in [0.3, 0.4) is 0 Å². The average Bonchev–Trinajstić information content (AvgIpc) is 2.61. The van der Waals surface area contributed by atoms with Crippen LogP contribution in [0.1, 0.15) is 0 Å². The van der Waals surface area contributed by atoms with E-state index in [1.807, 2.05) is 29.2 Å². The Morgan fingerprint density at radius 1 is 1.00 bits per heavy atom. The largest absolute Gasteiger partial charge is 0.368 e. The molecule has 3 rings (SSSR count). The van der Waals surface area contributed by atoms with Gasteiger partial charge in [-0.3, -0.25) is 10.1 Å². The summed E-state index contributed by atoms with van der Waals surface area (Å²) in [4.78, 5) is 14.5. The van der Waals surface area contributed by atoms with Crippen LogP contribution in [0.4, 0.5) is 17.1 Å². The van der Waals surface area contributed by atoms with Crippen LogP contribution < -0.4 is 9.80 Å². The lowest BCUT2D eigenvalue weighted by molar-refractivity contribution is -0.385. The topological polar surface area (TPSA) is 83.8 Å². The van der Waals surface area contributed by atoms with Crippen molar-refractivity contribution >= 4 is 38.5 Å². The number of hydrogen-bond acceptors (Lipinski definition) is 6. The molecule has 2 aromatic carbocycles. The van der Waals surface area contributed by atoms with Crippen LogP contribution in [0.2, 0.25) is 5.02 Å². The molecule has 0 unspecified atom stereocenters. The second kappa shape index (κ2) is 7.13. The number of benzene rings is 2. The minimum Gasteiger partial charge on any atom is -0.368 e. The Morgan fingerprint density at radius 3 is 2.12 bits per heavy atom. The molecule has 0 aliphatic carbocycles. The van der Waals surface area contributed by atoms with Gasteiger partial charge in [0.25, 0.3) is 5.69 Å². The molecule has 0 spiro atoms. The van der Waals surface area contributed by atoms with E-state index in [0.717, 1.165) is 18.0 Å². The molecule has 138 valence electrons. The number of sulfone groups is 1. The SMILES string of the molecule is CS(=O)(=O)c1cc([N+](=O)[O-])ccc1N1CCN(c2ccc(Cl)cc2)CC1. The highest BCUT2D eigenvalue weighted by Crippen LogP contribution is 2.31. The summed E-state index contributed by atoms with van der Waals surface area (Å²) in [6, 6.07) is 11.6. The number of halogens is 1. The fourth-order valence-corrected chi connectivity index (χ4v) is 4.07. The van der Waals surface area contributed by atoms with Crippen LogP contribution in [0.5, 0.6) is 0 Å². The van der Waals surface area contributed by atoms with Gasteiger partial charge < -0.3 is 9.80 Å². The van der Waals surface area contributed by atoms with Crippen LogP contribution in [0.15, 0.2) is 47.4 Å². The fourth-order valence-electron chi connectivity index (χ4n) is 3.03. The van der Waals surface area contributed by atoms with Crippen LogP contribution in [-0.4, -0.2) is 45.8 Å². The summed E-state index contributed by atoms with van der Waals surface area (Å²) < 4.78 is 24.2. The number of anilines is 2. The second-order valence-electron chi connectivity index (χ2n) is 6.13. The zero-order chi connectivity index (χ0) is 18.9. The Bertz CT molecular complexity index is 924. The molecule has 0 saturated carbocycles. The van der Waals surface area contributed by atoms with Crippen LogP contribution in [-0.2, 0) is 9.84 Å². The molecule has 1 aliphatic heterocycles. The molecule has 0 aromatic heterocycles. The number of nitro groups is 1. The Labute approximate surface area is 156 Å². The van der Waals surface area contributed by atoms with E-state index in [1.165, 1.54) is 12.1 Å². The maximum absolute atomic E-state index is 12.1. The molecule has 0 atom stereocenters. The van der Waals surface area contributed by atoms with Gasteiger partial charge in [0.05, 0.1) is 15.5 Å². The van der Waals surface area contributed by atoms with E-state index in [2.05, 4.69) is 4.90 Å². The van der Waals surface area contributed by atoms with Crippen LogP contribution in [0.25, 0.3) is 0 Å². The molecule has 1 heterocycles. The summed E-state index contributed by atoms with van der Waals surface area (Å²) in [6.07, 6.45) is 1.07. The molecule has 9 heteroatoms. The first kappa shape index (κ1) is 18.5. The van der Waals surface area contributed by atoms with Gasteiger partial charge in [-0.25, -0.2) is 8.42 Å². The van der Waals surface area contributed by atoms with Gasteiger partial charge in [0.15, 0.2) is 9.84 Å². The van der Waals surface area contributed by atoms with Crippen molar-refractivity contribution in [2.45, 2.75) is 4.90 Å². The van der Waals surface area contributed by atoms with Gasteiger partial charge in [-0.2, -0.15) is 0 Å². The summed E-state index contributed by atoms with van der Waals surface area (Å²) in [5, 5.41) is 11.6. The lowest BCUT2D eigenvalue weighted by atomic mass is 10.2. The van der Waals surface area contributed by atoms with E-state index < -0.39 is 14.8 Å². The Hall–Kier alpha value is -2.32. The third-order valence-corrected chi connectivity index (χ3v) is 5.74. The first-order valence-corrected chi connectivity index (χ1v) is 10.3. The van der Waals surface area contributed by atoms with Crippen molar-refractivity contribution in [3.8, 4) is 0 Å². The van der Waals surface area contributed by atoms with Crippen molar-refractivity contribution in [1.82, 2.24) is 0 Å². The maximum atomic E-state index is 12.1. The highest BCUT2D eigenvalue weighted by molar-refractivity contribution is 7.90. The van der Waals surface area contributed by atoms with E-state index in [1.54, 1.807) is 0 Å². The maximum Gasteiger partial charge on any atom is 0.270 e. The first-order chi connectivity index (χ1) is 12.3. The third-order valence-electron chi connectivity index (χ3n) is 4.37. The van der Waals surface area contributed by atoms with E-state index in [0.29, 0.717) is 36.9 Å². The molecule has 1 fully saturated rings. The lowest BCUT2D eigenvalue weighted by Gasteiger charge is -2.38. The number of piperazine rings is 1. The molecule has 7 nitrogen and oxygen atoms in total. The highest BCUT2D eigenvalue weighted by Gasteiger charge is 2.25. The minimum atomic E-state index is -3.58. The molecule has 2 aromatic rings. The zero-order valence-corrected chi connectivity index (χ0v) is 15.7. The van der Waals surface area contributed by atoms with Crippen molar-refractivity contribution in [2.75, 3.05) is 42.2 Å². The Balaban J connectivity index is 1.83. The van der Waals surface area contributed by atoms with Crippen LogP contribution >= 0.6 is 11.6 Å². The Morgan fingerprint density at radius 2 is 1.58 bits per heavy atom. The Kier molecular flexibility index (Phi) is 5.06. The second-order valence-corrected chi connectivity index (χ2v) is 8.55. The van der Waals surface area contributed by atoms with Gasteiger partial charge in [0.2, 0.25) is 0 Å². The number of non-ortho nitro benzene ring substituents is 1. The van der Waals surface area contributed by atoms with Crippen molar-refractivity contribution in [2.24, 2.45) is 0 Å². The molecule has 0 amide bonds. The van der Waals surface area contributed by atoms with Crippen molar-refractivity contribution in [1.29, 1.82) is 0 Å². The van der Waals surface area contributed by atoms with Crippen molar-refractivity contribution in [3.63, 3.8) is 0 Å². The van der Waals surface area contributed by atoms with E-state index >= 15 is 0 Å². The minimum absolute atomic E-state index is 0.00774. The summed E-state index contributed by atoms with van der Waals surface area (Å²) in [5.74, 6) is 0. The van der Waals surface area contributed by atoms with Gasteiger partial charge in [-0.1, -0.05) is 11.6 Å². The van der Waals surface area contributed by atoms with Gasteiger partial charge in [-0.05, 0) is 30.3 Å². The smallest absolute Gasteiger partial charge is 0.270 e. The molecule has 26 heavy (non-hydrogen) atoms. The van der Waals surface area contributed by atoms with Crippen LogP contribution in [0, 0.1) is 10.1 Å². The lowest BCUT2D eigenvalue weighted by Crippen LogP contribution is -2.46. The molecular weight excluding hydrogens is 378 g/mol. The van der Waals surface area contributed by atoms with Gasteiger partial charge >= 0.3 is 0 Å². The standard InChI is InChI=1S/C17H18ClN3O4S/c1-26(24,25)17-12-15(21(22)23)6-7-16(17)20-10-8-19(9-11-20)14-4-2-13(18)3-5-14/h2-7,12H,8-11H2,1H3. The van der Waals surface area contributed by atoms with E-state index in [9.17, 15) is 18.5 Å². The first-order valence-electron chi connectivity index (χ1n) is 7.99. The molecular formula is C17H18ClN3O4S. The van der Waals surface area contributed by atoms with E-state index in [-0.39, 0.29) is 10.6 Å². The number of nitro benzene ring substituents is 1. The zero-order valence-electron chi connectivity index (χ0n) is 14.1. The summed E-state index contributed by atoms with van der Waals surface area (Å²) in [7, 11) is -3.58. The molecule has 0 bridgehead atoms. The quantitative estimate of drug-likeness (QED) is 0.584. The monoisotopic (exact) mass is 395 g/mol. The number of nitrogens with zero attached hydrogens (tertiary/aromatic N) is 3. The van der Waals surface area contributed by atoms with Gasteiger partial charge in [0.1, 0.15) is 0 Å². The van der Waals surface area contributed by atoms with Crippen molar-refractivity contribution in [3.05, 3.63) is 57.6 Å². The fraction of sp³-hybridized carbons (Fsp3) is 0.294. The third kappa shape index (κ3) is 3.91. The van der Waals surface area contributed by atoms with Crippen molar-refractivity contribution < 1.29 is 13.3 Å². The highest BCUT2D eigenvalue weighted by atomic mass is 35.5. The van der Waals surface area contributed by atoms with Gasteiger partial charge in [-0.15, -0.1) is 0 Å². The molecule has 1 saturated heterocycles.